The molecule has 3 saturated carbocycles. The number of fused-ring (bicyclic) bond motifs is 6. The number of allylic oxidation sites excluding steroid dienone is 1. The molecule has 2 aliphatic heterocycles. The van der Waals surface area contributed by atoms with Crippen LogP contribution in [0.15, 0.2) is 11.1 Å². The molecular weight excluding hydrogens is 454 g/mol. The van der Waals surface area contributed by atoms with Gasteiger partial charge in [-0.3, -0.25) is 4.90 Å². The zero-order valence-corrected chi connectivity index (χ0v) is 23.7. The van der Waals surface area contributed by atoms with E-state index in [1.165, 1.54) is 51.5 Å². The molecule has 4 aliphatic carbocycles. The van der Waals surface area contributed by atoms with E-state index in [4.69, 9.17) is 16.3 Å². The van der Waals surface area contributed by atoms with E-state index < -0.39 is 0 Å². The minimum Gasteiger partial charge on any atom is -0.393 e. The van der Waals surface area contributed by atoms with Crippen molar-refractivity contribution in [2.45, 2.75) is 116 Å². The molecule has 4 unspecified atom stereocenters. The van der Waals surface area contributed by atoms with E-state index in [9.17, 15) is 5.11 Å². The summed E-state index contributed by atoms with van der Waals surface area (Å²) in [7, 11) is 0. The van der Waals surface area contributed by atoms with Crippen LogP contribution in [0.2, 0.25) is 0 Å². The first-order chi connectivity index (χ1) is 16.7. The Kier molecular flexibility index (Phi) is 6.47. The molecule has 4 heteroatoms. The molecule has 198 valence electrons. The molecule has 0 radical (unpaired) electrons. The van der Waals surface area contributed by atoms with E-state index in [-0.39, 0.29) is 11.7 Å². The van der Waals surface area contributed by atoms with E-state index in [1.807, 2.05) is 0 Å². The van der Waals surface area contributed by atoms with Gasteiger partial charge in [-0.1, -0.05) is 33.3 Å². The Morgan fingerprint density at radius 3 is 2.66 bits per heavy atom. The number of hydrogen-bond donors (Lipinski definition) is 1. The molecule has 2 heterocycles. The second-order valence-electron chi connectivity index (χ2n) is 14.1. The Morgan fingerprint density at radius 2 is 1.91 bits per heavy atom. The van der Waals surface area contributed by atoms with Crippen molar-refractivity contribution in [2.75, 3.05) is 19.0 Å². The van der Waals surface area contributed by atoms with Crippen LogP contribution < -0.4 is 0 Å². The van der Waals surface area contributed by atoms with E-state index in [2.05, 4.69) is 39.5 Å². The number of piperidine rings is 1. The lowest BCUT2D eigenvalue weighted by atomic mass is 9.47. The Morgan fingerprint density at radius 1 is 1.11 bits per heavy atom. The second kappa shape index (κ2) is 8.99. The van der Waals surface area contributed by atoms with Crippen LogP contribution in [0.25, 0.3) is 0 Å². The Hall–Kier alpha value is -0.0900. The fourth-order valence-electron chi connectivity index (χ4n) is 11.3. The normalized spacial score (nSPS) is 51.9. The molecule has 3 nitrogen and oxygen atoms in total. The molecule has 1 spiro atoms. The minimum atomic E-state index is -0.0641. The Labute approximate surface area is 219 Å². The highest BCUT2D eigenvalue weighted by Gasteiger charge is 2.63. The second-order valence-corrected chi connectivity index (χ2v) is 14.5. The van der Waals surface area contributed by atoms with Gasteiger partial charge in [-0.15, -0.1) is 11.6 Å². The van der Waals surface area contributed by atoms with Gasteiger partial charge < -0.3 is 9.84 Å². The molecule has 5 fully saturated rings. The van der Waals surface area contributed by atoms with Gasteiger partial charge in [-0.2, -0.15) is 0 Å². The fraction of sp³-hybridized carbons (Fsp3) is 0.935. The van der Waals surface area contributed by atoms with E-state index in [1.54, 1.807) is 11.1 Å². The molecule has 0 amide bonds. The van der Waals surface area contributed by atoms with Crippen LogP contribution in [0.3, 0.4) is 0 Å². The highest BCUT2D eigenvalue weighted by Crippen LogP contribution is 2.68. The molecule has 1 N–H and O–H groups in total. The summed E-state index contributed by atoms with van der Waals surface area (Å²) in [5.74, 6) is 5.82. The third kappa shape index (κ3) is 3.53. The van der Waals surface area contributed by atoms with Gasteiger partial charge in [0.15, 0.2) is 0 Å². The number of alkyl halides is 1. The topological polar surface area (TPSA) is 32.7 Å². The molecule has 0 aromatic heterocycles. The molecule has 6 rings (SSSR count). The molecule has 35 heavy (non-hydrogen) atoms. The van der Waals surface area contributed by atoms with Crippen molar-refractivity contribution in [3.63, 3.8) is 0 Å². The largest absolute Gasteiger partial charge is 0.393 e. The van der Waals surface area contributed by atoms with Gasteiger partial charge in [-0.05, 0) is 111 Å². The maximum absolute atomic E-state index is 10.5. The van der Waals surface area contributed by atoms with E-state index >= 15 is 0 Å². The summed E-state index contributed by atoms with van der Waals surface area (Å²) in [6, 6.07) is 0.520. The zero-order chi connectivity index (χ0) is 24.7. The van der Waals surface area contributed by atoms with Crippen LogP contribution >= 0.6 is 11.6 Å². The summed E-state index contributed by atoms with van der Waals surface area (Å²) in [5.41, 5.74) is 3.81. The Bertz CT molecular complexity index is 857. The smallest absolute Gasteiger partial charge is 0.0937 e. The predicted molar refractivity (Wildman–Crippen MR) is 144 cm³/mol. The van der Waals surface area contributed by atoms with Crippen LogP contribution in [0.1, 0.15) is 92.4 Å². The van der Waals surface area contributed by atoms with Gasteiger partial charge in [0.1, 0.15) is 0 Å². The average molecular weight is 504 g/mol. The predicted octanol–water partition coefficient (Wildman–Crippen LogP) is 6.67. The number of likely N-dealkylation sites (tertiary alicyclic amines) is 1. The number of halogens is 1. The first kappa shape index (κ1) is 25.2. The lowest BCUT2D eigenvalue weighted by molar-refractivity contribution is -0.109. The third-order valence-corrected chi connectivity index (χ3v) is 12.8. The number of nitrogens with zero attached hydrogens (tertiary/aromatic N) is 1. The summed E-state index contributed by atoms with van der Waals surface area (Å²) in [4.78, 5) is 2.68. The zero-order valence-electron chi connectivity index (χ0n) is 22.9. The van der Waals surface area contributed by atoms with Crippen molar-refractivity contribution in [3.05, 3.63) is 11.1 Å². The van der Waals surface area contributed by atoms with Gasteiger partial charge in [0, 0.05) is 30.9 Å². The molecule has 11 atom stereocenters. The molecule has 0 aromatic carbocycles. The van der Waals surface area contributed by atoms with Gasteiger partial charge in [-0.25, -0.2) is 0 Å². The molecule has 0 aromatic rings. The van der Waals surface area contributed by atoms with Crippen molar-refractivity contribution in [3.8, 4) is 0 Å². The third-order valence-electron chi connectivity index (χ3n) is 12.7. The number of ether oxygens (including phenoxy) is 1. The lowest BCUT2D eigenvalue weighted by Crippen LogP contribution is -2.52. The Balaban J connectivity index is 1.34. The van der Waals surface area contributed by atoms with Crippen LogP contribution in [-0.2, 0) is 4.74 Å². The minimum absolute atomic E-state index is 0.0591. The van der Waals surface area contributed by atoms with Crippen molar-refractivity contribution < 1.29 is 9.84 Å². The van der Waals surface area contributed by atoms with Gasteiger partial charge in [0.25, 0.3) is 0 Å². The van der Waals surface area contributed by atoms with Crippen LogP contribution in [0.5, 0.6) is 0 Å². The van der Waals surface area contributed by atoms with Gasteiger partial charge in [0.05, 0.1) is 17.8 Å². The van der Waals surface area contributed by atoms with Crippen LogP contribution in [0, 0.1) is 46.8 Å². The van der Waals surface area contributed by atoms with Gasteiger partial charge >= 0.3 is 0 Å². The summed E-state index contributed by atoms with van der Waals surface area (Å²) in [6.07, 6.45) is 11.4. The summed E-state index contributed by atoms with van der Waals surface area (Å²) >= 11 is 6.27. The standard InChI is InChI=1S/C31H50ClNO2/c1-18(2)30-10-8-23(34)15-22(30)6-7-25-24-9-11-31(20(4)26(24)16-27(25)30)21(5)29-28(35-31)14-19(3)17-33(29)13-12-32/h18-19,21-25,27-29,34H,6-17H2,1-5H3/t19-,21+,22?,23-,24-,25?,27-,28+,29-,30?,31?/m0/s1. The molecule has 6 aliphatic rings. The fourth-order valence-corrected chi connectivity index (χ4v) is 11.5. The first-order valence-corrected chi connectivity index (χ1v) is 15.6. The van der Waals surface area contributed by atoms with E-state index in [0.717, 1.165) is 43.1 Å². The van der Waals surface area contributed by atoms with Crippen molar-refractivity contribution >= 4 is 11.6 Å². The molecule has 0 bridgehead atoms. The van der Waals surface area contributed by atoms with Crippen LogP contribution in [-0.4, -0.2) is 52.8 Å². The number of aliphatic hydroxyl groups excluding tert-OH is 1. The van der Waals surface area contributed by atoms with Crippen molar-refractivity contribution in [2.24, 2.45) is 46.8 Å². The monoisotopic (exact) mass is 503 g/mol. The van der Waals surface area contributed by atoms with E-state index in [0.29, 0.717) is 41.2 Å². The summed E-state index contributed by atoms with van der Waals surface area (Å²) in [6.45, 7) is 14.5. The van der Waals surface area contributed by atoms with Gasteiger partial charge in [0.2, 0.25) is 0 Å². The number of rotatable bonds is 3. The SMILES string of the molecule is CC1=C2C[C@H]3C(CCC4C[C@@H](O)CCC43C(C)C)[C@@H]2CCC12O[C@@H]1C[C@H](C)CN(CCCl)[C@H]1[C@H]2C. The summed E-state index contributed by atoms with van der Waals surface area (Å²) < 4.78 is 7.24. The maximum atomic E-state index is 10.5. The number of hydrogen-bond acceptors (Lipinski definition) is 3. The quantitative estimate of drug-likeness (QED) is 0.345. The summed E-state index contributed by atoms with van der Waals surface area (Å²) in [5, 5.41) is 10.5. The first-order valence-electron chi connectivity index (χ1n) is 15.1. The highest BCUT2D eigenvalue weighted by molar-refractivity contribution is 6.18. The van der Waals surface area contributed by atoms with Crippen molar-refractivity contribution in [1.82, 2.24) is 4.90 Å². The molecule has 2 saturated heterocycles. The maximum Gasteiger partial charge on any atom is 0.0937 e. The lowest BCUT2D eigenvalue weighted by Gasteiger charge is -2.58. The highest BCUT2D eigenvalue weighted by atomic mass is 35.5. The molecular formula is C31H50ClNO2. The number of aliphatic hydroxyl groups is 1. The van der Waals surface area contributed by atoms with Crippen LogP contribution in [0.4, 0.5) is 0 Å². The van der Waals surface area contributed by atoms with Crippen molar-refractivity contribution in [1.29, 1.82) is 0 Å². The average Bonchev–Trinajstić information content (AvgIpc) is 3.33.